The summed E-state index contributed by atoms with van der Waals surface area (Å²) < 4.78 is 6.46. The van der Waals surface area contributed by atoms with Crippen LogP contribution in [0.2, 0.25) is 0 Å². The second-order valence-corrected chi connectivity index (χ2v) is 11.1. The lowest BCUT2D eigenvalue weighted by atomic mass is 10.0. The van der Waals surface area contributed by atoms with Gasteiger partial charge in [0.25, 0.3) is 0 Å². The number of para-hydroxylation sites is 4. The first-order valence-electron chi connectivity index (χ1n) is 14.1. The Bertz CT molecular complexity index is 1740. The number of aryl methyl sites for hydroxylation is 3. The second kappa shape index (κ2) is 9.93. The van der Waals surface area contributed by atoms with Crippen molar-refractivity contribution in [3.63, 3.8) is 0 Å². The van der Waals surface area contributed by atoms with E-state index in [-0.39, 0.29) is 0 Å². The normalized spacial score (nSPS) is 14.0. The highest BCUT2D eigenvalue weighted by Crippen LogP contribution is 2.47. The van der Waals surface area contributed by atoms with Gasteiger partial charge in [-0.15, -0.1) is 0 Å². The molecule has 0 aliphatic carbocycles. The molecular formula is C36H34N4O. The highest BCUT2D eigenvalue weighted by atomic mass is 16.5. The summed E-state index contributed by atoms with van der Waals surface area (Å²) in [5, 5.41) is 0. The van der Waals surface area contributed by atoms with Crippen LogP contribution in [0.1, 0.15) is 16.7 Å². The molecule has 41 heavy (non-hydrogen) atoms. The molecule has 5 aromatic rings. The smallest absolute Gasteiger partial charge is 0.129 e. The van der Waals surface area contributed by atoms with Crippen LogP contribution in [0, 0.1) is 20.8 Å². The SMILES string of the molecule is Cc1cc(C)c(N2CN(c3cccc(Oc4cccc(N5CN(C)c6ccccc65)c4)c3)c3ccccc32)c(C)c1. The van der Waals surface area contributed by atoms with Crippen LogP contribution >= 0.6 is 0 Å². The first kappa shape index (κ1) is 25.1. The van der Waals surface area contributed by atoms with E-state index in [0.717, 1.165) is 36.2 Å². The van der Waals surface area contributed by atoms with Gasteiger partial charge in [0.2, 0.25) is 0 Å². The molecule has 2 heterocycles. The Morgan fingerprint density at radius 1 is 0.512 bits per heavy atom. The Kier molecular flexibility index (Phi) is 6.08. The van der Waals surface area contributed by atoms with Crippen LogP contribution in [-0.4, -0.2) is 20.4 Å². The highest BCUT2D eigenvalue weighted by Gasteiger charge is 2.30. The van der Waals surface area contributed by atoms with Crippen LogP contribution in [0.25, 0.3) is 0 Å². The maximum atomic E-state index is 6.46. The number of ether oxygens (including phenoxy) is 1. The minimum absolute atomic E-state index is 0.741. The molecule has 0 radical (unpaired) electrons. The maximum absolute atomic E-state index is 6.46. The van der Waals surface area contributed by atoms with Gasteiger partial charge in [0.05, 0.1) is 29.4 Å². The van der Waals surface area contributed by atoms with Crippen LogP contribution in [0.15, 0.2) is 109 Å². The predicted octanol–water partition coefficient (Wildman–Crippen LogP) is 9.20. The Hall–Kier alpha value is -4.90. The zero-order chi connectivity index (χ0) is 28.1. The van der Waals surface area contributed by atoms with Gasteiger partial charge in [-0.1, -0.05) is 54.1 Å². The molecule has 204 valence electrons. The quantitative estimate of drug-likeness (QED) is 0.222. The van der Waals surface area contributed by atoms with Crippen LogP contribution < -0.4 is 24.3 Å². The zero-order valence-electron chi connectivity index (χ0n) is 24.0. The summed E-state index contributed by atoms with van der Waals surface area (Å²) in [6.45, 7) is 8.13. The number of anilines is 7. The van der Waals surface area contributed by atoms with Gasteiger partial charge in [-0.25, -0.2) is 0 Å². The summed E-state index contributed by atoms with van der Waals surface area (Å²) in [5.74, 6) is 1.64. The third-order valence-corrected chi connectivity index (χ3v) is 8.08. The van der Waals surface area contributed by atoms with Gasteiger partial charge >= 0.3 is 0 Å². The Morgan fingerprint density at radius 3 is 1.59 bits per heavy atom. The van der Waals surface area contributed by atoms with Gasteiger partial charge in [0.15, 0.2) is 0 Å². The van der Waals surface area contributed by atoms with Crippen molar-refractivity contribution >= 4 is 39.8 Å². The maximum Gasteiger partial charge on any atom is 0.129 e. The highest BCUT2D eigenvalue weighted by molar-refractivity contribution is 5.88. The molecule has 0 amide bonds. The fourth-order valence-corrected chi connectivity index (χ4v) is 6.39. The van der Waals surface area contributed by atoms with Crippen molar-refractivity contribution in [2.45, 2.75) is 20.8 Å². The van der Waals surface area contributed by atoms with Gasteiger partial charge in [-0.05, 0) is 80.4 Å². The summed E-state index contributed by atoms with van der Waals surface area (Å²) in [6, 6.07) is 38.5. The fourth-order valence-electron chi connectivity index (χ4n) is 6.39. The number of hydrogen-bond acceptors (Lipinski definition) is 5. The van der Waals surface area contributed by atoms with E-state index < -0.39 is 0 Å². The number of hydrogen-bond donors (Lipinski definition) is 0. The topological polar surface area (TPSA) is 22.2 Å². The van der Waals surface area contributed by atoms with Crippen LogP contribution in [0.5, 0.6) is 11.5 Å². The van der Waals surface area contributed by atoms with E-state index in [9.17, 15) is 0 Å². The monoisotopic (exact) mass is 538 g/mol. The molecule has 0 fully saturated rings. The van der Waals surface area contributed by atoms with Gasteiger partial charge in [0.1, 0.15) is 18.2 Å². The van der Waals surface area contributed by atoms with Crippen molar-refractivity contribution in [3.8, 4) is 11.5 Å². The van der Waals surface area contributed by atoms with Crippen LogP contribution in [0.4, 0.5) is 39.8 Å². The Balaban J connectivity index is 1.18. The van der Waals surface area contributed by atoms with Crippen LogP contribution in [-0.2, 0) is 0 Å². The molecule has 0 atom stereocenters. The molecule has 0 aromatic heterocycles. The van der Waals surface area contributed by atoms with E-state index in [2.05, 4.69) is 144 Å². The number of benzene rings is 5. The van der Waals surface area contributed by atoms with E-state index in [1.165, 1.54) is 45.1 Å². The molecular weight excluding hydrogens is 504 g/mol. The Labute approximate surface area is 242 Å². The second-order valence-electron chi connectivity index (χ2n) is 11.1. The largest absolute Gasteiger partial charge is 0.457 e. The molecule has 0 N–H and O–H groups in total. The molecule has 5 nitrogen and oxygen atoms in total. The molecule has 2 aliphatic rings. The van der Waals surface area contributed by atoms with E-state index in [1.54, 1.807) is 0 Å². The lowest BCUT2D eigenvalue weighted by molar-refractivity contribution is 0.483. The minimum Gasteiger partial charge on any atom is -0.457 e. The number of rotatable bonds is 5. The summed E-state index contributed by atoms with van der Waals surface area (Å²) >= 11 is 0. The molecule has 0 saturated heterocycles. The van der Waals surface area contributed by atoms with E-state index in [4.69, 9.17) is 4.74 Å². The molecule has 7 rings (SSSR count). The van der Waals surface area contributed by atoms with Crippen molar-refractivity contribution < 1.29 is 4.74 Å². The van der Waals surface area contributed by atoms with Gasteiger partial charge in [0, 0.05) is 36.2 Å². The molecule has 5 aromatic carbocycles. The third-order valence-electron chi connectivity index (χ3n) is 8.08. The number of fused-ring (bicyclic) bond motifs is 2. The van der Waals surface area contributed by atoms with E-state index in [1.807, 2.05) is 12.1 Å². The standard InChI is InChI=1S/C36H34N4O/c1-25-19-26(2)36(27(3)20-25)40-24-39(34-17-7-8-18-35(34)40)29-12-10-14-31(22-29)41-30-13-9-11-28(21-30)38-23-37(4)32-15-5-6-16-33(32)38/h5-22H,23-24H2,1-4H3. The first-order valence-corrected chi connectivity index (χ1v) is 14.1. The van der Waals surface area contributed by atoms with Crippen molar-refractivity contribution in [1.29, 1.82) is 0 Å². The van der Waals surface area contributed by atoms with Crippen molar-refractivity contribution in [2.75, 3.05) is 40.0 Å². The molecule has 2 aliphatic heterocycles. The third kappa shape index (κ3) is 4.44. The summed E-state index contributed by atoms with van der Waals surface area (Å²) in [6.07, 6.45) is 0. The molecule has 0 unspecified atom stereocenters. The molecule has 0 bridgehead atoms. The first-order chi connectivity index (χ1) is 20.0. The van der Waals surface area contributed by atoms with E-state index >= 15 is 0 Å². The Morgan fingerprint density at radius 2 is 1.00 bits per heavy atom. The van der Waals surface area contributed by atoms with Crippen molar-refractivity contribution in [1.82, 2.24) is 0 Å². The van der Waals surface area contributed by atoms with Crippen molar-refractivity contribution in [2.24, 2.45) is 0 Å². The predicted molar refractivity (Wildman–Crippen MR) is 171 cm³/mol. The summed E-state index contributed by atoms with van der Waals surface area (Å²) in [5.41, 5.74) is 12.3. The molecule has 0 spiro atoms. The van der Waals surface area contributed by atoms with Gasteiger partial charge in [-0.2, -0.15) is 0 Å². The van der Waals surface area contributed by atoms with Gasteiger partial charge < -0.3 is 24.3 Å². The van der Waals surface area contributed by atoms with Crippen LogP contribution in [0.3, 0.4) is 0 Å². The lowest BCUT2D eigenvalue weighted by Gasteiger charge is -2.25. The summed E-state index contributed by atoms with van der Waals surface area (Å²) in [4.78, 5) is 9.39. The molecule has 5 heteroatoms. The lowest BCUT2D eigenvalue weighted by Crippen LogP contribution is -2.25. The average molecular weight is 539 g/mol. The molecule has 0 saturated carbocycles. The minimum atomic E-state index is 0.741. The fraction of sp³-hybridized carbons (Fsp3) is 0.167. The average Bonchev–Trinajstić information content (AvgIpc) is 3.51. The van der Waals surface area contributed by atoms with E-state index in [0.29, 0.717) is 0 Å². The number of nitrogens with zero attached hydrogens (tertiary/aromatic N) is 4. The van der Waals surface area contributed by atoms with Crippen molar-refractivity contribution in [3.05, 3.63) is 126 Å². The summed E-state index contributed by atoms with van der Waals surface area (Å²) in [7, 11) is 2.13. The zero-order valence-corrected chi connectivity index (χ0v) is 24.0. The van der Waals surface area contributed by atoms with Gasteiger partial charge in [-0.3, -0.25) is 0 Å².